The van der Waals surface area contributed by atoms with Gasteiger partial charge in [-0.25, -0.2) is 0 Å². The number of aromatic nitrogens is 8. The molecule has 0 aliphatic rings. The van der Waals surface area contributed by atoms with Gasteiger partial charge < -0.3 is 24.1 Å². The molecule has 0 atom stereocenters. The maximum Gasteiger partial charge on any atom is 0.438 e. The fourth-order valence-electron chi connectivity index (χ4n) is 9.86. The second kappa shape index (κ2) is 28.8. The van der Waals surface area contributed by atoms with Gasteiger partial charge in [0.15, 0.2) is 11.6 Å². The van der Waals surface area contributed by atoms with Crippen molar-refractivity contribution in [3.05, 3.63) is 140 Å². The summed E-state index contributed by atoms with van der Waals surface area (Å²) in [5, 5.41) is 37.0. The van der Waals surface area contributed by atoms with Crippen LogP contribution in [-0.4, -0.2) is 109 Å². The zero-order valence-electron chi connectivity index (χ0n) is 48.4. The molecule has 0 aliphatic heterocycles. The standard InChI is InChI=1S/C31H36F6N4O3.C29H32F6N4O2/c1-6-28(7-2,25-13-14-26(22(4)19-25)43-17-9-8-10-27-38-40-41-39-27)24-12-11-23(21(3)18-24)15-16-29(30(32,33)34,31(35,36)37)44-20-42-5;1-5-26(6-2,23-12-13-24(20(4)18-23)41-16-8-7-9-25-36-38-39-37-25)22-11-10-21(19(3)17-22)14-15-27(40,28(30,31)32)29(33,34)35/h11-14,18-19H,6-10,17,20H2,1-5H3,(H,38,39,40,41);10-13,17-18,40H,5-9,16H2,1-4H3,(H,36,37,38,39). The second-order valence-corrected chi connectivity index (χ2v) is 20.3. The number of rotatable bonds is 23. The highest BCUT2D eigenvalue weighted by atomic mass is 19.4. The molecule has 2 heterocycles. The van der Waals surface area contributed by atoms with E-state index in [-0.39, 0.29) is 11.1 Å². The molecular formula is C60H68F12N8O5. The van der Waals surface area contributed by atoms with E-state index >= 15 is 0 Å². The largest absolute Gasteiger partial charge is 0.493 e. The molecule has 13 nitrogen and oxygen atoms in total. The van der Waals surface area contributed by atoms with E-state index in [0.29, 0.717) is 74.5 Å². The molecular weight excluding hydrogens is 1140 g/mol. The van der Waals surface area contributed by atoms with Gasteiger partial charge in [-0.15, -0.1) is 20.4 Å². The van der Waals surface area contributed by atoms with Crippen LogP contribution in [0.3, 0.4) is 0 Å². The van der Waals surface area contributed by atoms with Gasteiger partial charge in [0.2, 0.25) is 0 Å². The van der Waals surface area contributed by atoms with Crippen molar-refractivity contribution < 1.29 is 76.7 Å². The smallest absolute Gasteiger partial charge is 0.438 e. The molecule has 0 saturated carbocycles. The number of alkyl halides is 12. The molecule has 25 heteroatoms. The topological polar surface area (TPSA) is 166 Å². The summed E-state index contributed by atoms with van der Waals surface area (Å²) in [6.45, 7) is 15.0. The van der Waals surface area contributed by atoms with Crippen LogP contribution in [0.4, 0.5) is 52.7 Å². The van der Waals surface area contributed by atoms with E-state index in [9.17, 15) is 57.8 Å². The first kappa shape index (κ1) is 68.6. The average Bonchev–Trinajstić information content (AvgIpc) is 2.27. The van der Waals surface area contributed by atoms with Crippen molar-refractivity contribution in [1.82, 2.24) is 41.2 Å². The van der Waals surface area contributed by atoms with Gasteiger partial charge in [-0.2, -0.15) is 63.1 Å². The predicted molar refractivity (Wildman–Crippen MR) is 291 cm³/mol. The number of nitrogens with zero attached hydrogens (tertiary/aromatic N) is 6. The summed E-state index contributed by atoms with van der Waals surface area (Å²) in [6.07, 6.45) is -16.3. The number of nitrogens with one attached hydrogen (secondary N) is 2. The Morgan fingerprint density at radius 2 is 0.847 bits per heavy atom. The minimum atomic E-state index is -6.01. The Bertz CT molecular complexity index is 3200. The maximum absolute atomic E-state index is 13.7. The first-order valence-electron chi connectivity index (χ1n) is 27.3. The van der Waals surface area contributed by atoms with Gasteiger partial charge in [0.05, 0.1) is 13.2 Å². The Kier molecular flexibility index (Phi) is 23.2. The monoisotopic (exact) mass is 1210 g/mol. The zero-order valence-corrected chi connectivity index (χ0v) is 48.4. The number of hydrogen-bond acceptors (Lipinski definition) is 11. The number of aryl methyl sites for hydroxylation is 6. The summed E-state index contributed by atoms with van der Waals surface area (Å²) < 4.78 is 181. The van der Waals surface area contributed by atoms with Crippen molar-refractivity contribution in [2.24, 2.45) is 0 Å². The van der Waals surface area contributed by atoms with Crippen LogP contribution in [0.5, 0.6) is 11.5 Å². The summed E-state index contributed by atoms with van der Waals surface area (Å²) in [4.78, 5) is 0. The minimum absolute atomic E-state index is 0.0213. The van der Waals surface area contributed by atoms with Crippen molar-refractivity contribution >= 4 is 0 Å². The van der Waals surface area contributed by atoms with E-state index in [2.05, 4.69) is 62.7 Å². The molecule has 4 aromatic carbocycles. The number of ether oxygens (including phenoxy) is 4. The SMILES string of the molecule is CCC(CC)(c1ccc(C#CC(O)(C(F)(F)F)C(F)(F)F)c(C)c1)c1ccc(OCCCCc2nn[nH]n2)c(C)c1.CCC(CC)(c1ccc(C#CC(OCOC)(C(F)(F)F)C(F)(F)F)c(C)c1)c1ccc(OCCCCc2nn[nH]n2)c(C)c1. The highest BCUT2D eigenvalue weighted by molar-refractivity contribution is 5.52. The number of H-pyrrole nitrogens is 2. The third-order valence-corrected chi connectivity index (χ3v) is 15.1. The zero-order chi connectivity index (χ0) is 63.1. The number of benzene rings is 4. The molecule has 0 spiro atoms. The average molecular weight is 1210 g/mol. The fourth-order valence-corrected chi connectivity index (χ4v) is 9.86. The fraction of sp³-hybridized carbons (Fsp3) is 0.500. The summed E-state index contributed by atoms with van der Waals surface area (Å²) in [5.41, 5.74) is -4.33. The van der Waals surface area contributed by atoms with E-state index in [1.54, 1.807) is 38.1 Å². The van der Waals surface area contributed by atoms with Crippen LogP contribution in [0.2, 0.25) is 0 Å². The minimum Gasteiger partial charge on any atom is -0.493 e. The van der Waals surface area contributed by atoms with Crippen LogP contribution in [-0.2, 0) is 33.1 Å². The lowest BCUT2D eigenvalue weighted by molar-refractivity contribution is -0.368. The van der Waals surface area contributed by atoms with Gasteiger partial charge >= 0.3 is 35.9 Å². The summed E-state index contributed by atoms with van der Waals surface area (Å²) in [6, 6.07) is 21.6. The van der Waals surface area contributed by atoms with Gasteiger partial charge in [-0.3, -0.25) is 0 Å². The van der Waals surface area contributed by atoms with Crippen LogP contribution < -0.4 is 9.47 Å². The van der Waals surface area contributed by atoms with Crippen molar-refractivity contribution in [2.45, 2.75) is 166 Å². The number of aromatic amines is 2. The molecule has 6 rings (SSSR count). The third-order valence-electron chi connectivity index (χ3n) is 15.1. The van der Waals surface area contributed by atoms with E-state index in [0.717, 1.165) is 83.6 Å². The normalized spacial score (nSPS) is 12.6. The second-order valence-electron chi connectivity index (χ2n) is 20.3. The molecule has 0 fully saturated rings. The van der Waals surface area contributed by atoms with E-state index in [4.69, 9.17) is 9.47 Å². The van der Waals surface area contributed by atoms with Crippen LogP contribution >= 0.6 is 0 Å². The Hall–Kier alpha value is -7.22. The molecule has 3 N–H and O–H groups in total. The molecule has 0 bridgehead atoms. The molecule has 0 saturated heterocycles. The summed E-state index contributed by atoms with van der Waals surface area (Å²) >= 11 is 0. The van der Waals surface area contributed by atoms with Crippen LogP contribution in [0.25, 0.3) is 0 Å². The Morgan fingerprint density at radius 1 is 0.482 bits per heavy atom. The Balaban J connectivity index is 0.000000311. The van der Waals surface area contributed by atoms with Gasteiger partial charge in [-0.1, -0.05) is 98.5 Å². The first-order chi connectivity index (χ1) is 39.9. The lowest BCUT2D eigenvalue weighted by Gasteiger charge is -2.34. The number of tetrazole rings is 2. The molecule has 2 aromatic heterocycles. The number of aliphatic hydroxyl groups is 1. The van der Waals surface area contributed by atoms with Crippen LogP contribution in [0, 0.1) is 51.4 Å². The van der Waals surface area contributed by atoms with Gasteiger partial charge in [-0.05, 0) is 160 Å². The van der Waals surface area contributed by atoms with Crippen molar-refractivity contribution in [2.75, 3.05) is 27.1 Å². The number of unbranched alkanes of at least 4 members (excludes halogenated alkanes) is 2. The third kappa shape index (κ3) is 16.0. The van der Waals surface area contributed by atoms with Crippen LogP contribution in [0.15, 0.2) is 72.8 Å². The lowest BCUT2D eigenvalue weighted by Crippen LogP contribution is -2.58. The molecule has 0 amide bonds. The number of hydrogen-bond donors (Lipinski definition) is 3. The molecule has 0 unspecified atom stereocenters. The Labute approximate surface area is 485 Å². The maximum atomic E-state index is 13.7. The molecule has 462 valence electrons. The van der Waals surface area contributed by atoms with E-state index < -0.39 is 53.5 Å². The molecule has 0 radical (unpaired) electrons. The van der Waals surface area contributed by atoms with Gasteiger partial charge in [0, 0.05) is 41.9 Å². The quantitative estimate of drug-likeness (QED) is 0.0242. The number of halogens is 12. The molecule has 85 heavy (non-hydrogen) atoms. The molecule has 0 aliphatic carbocycles. The van der Waals surface area contributed by atoms with Gasteiger partial charge in [0.1, 0.15) is 18.3 Å². The Morgan fingerprint density at radius 3 is 1.15 bits per heavy atom. The van der Waals surface area contributed by atoms with Crippen molar-refractivity contribution in [3.8, 4) is 35.2 Å². The highest BCUT2D eigenvalue weighted by Crippen LogP contribution is 2.47. The predicted octanol–water partition coefficient (Wildman–Crippen LogP) is 13.7. The first-order valence-corrected chi connectivity index (χ1v) is 27.3. The van der Waals surface area contributed by atoms with Crippen molar-refractivity contribution in [1.29, 1.82) is 0 Å². The van der Waals surface area contributed by atoms with Crippen molar-refractivity contribution in [3.63, 3.8) is 0 Å². The van der Waals surface area contributed by atoms with E-state index in [1.807, 2.05) is 77.8 Å². The summed E-state index contributed by atoms with van der Waals surface area (Å²) in [7, 11) is 0.922. The molecule has 6 aromatic rings. The van der Waals surface area contributed by atoms with E-state index in [1.165, 1.54) is 18.1 Å². The van der Waals surface area contributed by atoms with Crippen LogP contribution in [0.1, 0.15) is 146 Å². The lowest BCUT2D eigenvalue weighted by atomic mass is 9.70. The summed E-state index contributed by atoms with van der Waals surface area (Å²) in [5.74, 6) is 9.17. The number of methoxy groups -OCH3 is 1. The van der Waals surface area contributed by atoms with Gasteiger partial charge in [0.25, 0.3) is 0 Å². The highest BCUT2D eigenvalue weighted by Gasteiger charge is 2.73.